The Morgan fingerprint density at radius 2 is 1.87 bits per heavy atom. The number of carbonyl (C=O) groups excluding carboxylic acids is 2. The monoisotopic (exact) mass is 438 g/mol. The lowest BCUT2D eigenvalue weighted by atomic mass is 10.1. The normalized spacial score (nSPS) is 14.6. The summed E-state index contributed by atoms with van der Waals surface area (Å²) in [4.78, 5) is 29.4. The van der Waals surface area contributed by atoms with Gasteiger partial charge in [-0.05, 0) is 49.2 Å². The van der Waals surface area contributed by atoms with Crippen molar-refractivity contribution in [2.45, 2.75) is 19.4 Å². The molecule has 2 aliphatic heterocycles. The molecule has 0 radical (unpaired) electrons. The number of amides is 2. The molecule has 1 fully saturated rings. The van der Waals surface area contributed by atoms with Gasteiger partial charge in [0, 0.05) is 34.1 Å². The second-order valence-corrected chi connectivity index (χ2v) is 8.88. The minimum absolute atomic E-state index is 0.0766. The van der Waals surface area contributed by atoms with Crippen LogP contribution in [0.1, 0.15) is 38.4 Å². The van der Waals surface area contributed by atoms with Gasteiger partial charge >= 0.3 is 0 Å². The van der Waals surface area contributed by atoms with E-state index in [0.717, 1.165) is 47.7 Å². The van der Waals surface area contributed by atoms with Crippen LogP contribution in [0.4, 0.5) is 5.69 Å². The topological polar surface area (TPSA) is 58.6 Å². The molecule has 0 unspecified atom stereocenters. The van der Waals surface area contributed by atoms with Crippen LogP contribution in [-0.4, -0.2) is 29.8 Å². The lowest BCUT2D eigenvalue weighted by Gasteiger charge is -2.18. The van der Waals surface area contributed by atoms with E-state index in [1.54, 1.807) is 18.2 Å². The van der Waals surface area contributed by atoms with Crippen LogP contribution in [0.2, 0.25) is 5.02 Å². The second kappa shape index (κ2) is 7.78. The van der Waals surface area contributed by atoms with Gasteiger partial charge in [-0.25, -0.2) is 0 Å². The number of nitrogens with zero attached hydrogens (tertiary/aromatic N) is 1. The van der Waals surface area contributed by atoms with Crippen LogP contribution < -0.4 is 10.1 Å². The van der Waals surface area contributed by atoms with Crippen molar-refractivity contribution < 1.29 is 14.3 Å². The maximum absolute atomic E-state index is 13.0. The van der Waals surface area contributed by atoms with E-state index in [9.17, 15) is 9.59 Å². The van der Waals surface area contributed by atoms with Crippen molar-refractivity contribution in [3.8, 4) is 16.2 Å². The van der Waals surface area contributed by atoms with Crippen LogP contribution in [0.25, 0.3) is 10.4 Å². The van der Waals surface area contributed by atoms with Crippen molar-refractivity contribution in [3.63, 3.8) is 0 Å². The van der Waals surface area contributed by atoms with Crippen LogP contribution >= 0.6 is 22.9 Å². The van der Waals surface area contributed by atoms with Gasteiger partial charge in [0.05, 0.1) is 16.1 Å². The molecule has 1 N–H and O–H groups in total. The first-order valence-corrected chi connectivity index (χ1v) is 11.0. The molecule has 0 bridgehead atoms. The molecule has 0 saturated carbocycles. The van der Waals surface area contributed by atoms with Crippen LogP contribution in [0.15, 0.2) is 48.5 Å². The molecule has 2 aliphatic rings. The van der Waals surface area contributed by atoms with Gasteiger partial charge in [0.1, 0.15) is 12.4 Å². The number of ether oxygens (including phenoxy) is 1. The molecule has 2 aromatic carbocycles. The Balaban J connectivity index is 1.44. The minimum atomic E-state index is -0.260. The summed E-state index contributed by atoms with van der Waals surface area (Å²) in [5.74, 6) is 0.490. The Kier molecular flexibility index (Phi) is 4.97. The van der Waals surface area contributed by atoms with Crippen LogP contribution in [0.5, 0.6) is 5.75 Å². The molecule has 1 aromatic heterocycles. The van der Waals surface area contributed by atoms with Gasteiger partial charge in [0.15, 0.2) is 0 Å². The highest BCUT2D eigenvalue weighted by molar-refractivity contribution is 7.17. The number of halogens is 1. The van der Waals surface area contributed by atoms with Crippen LogP contribution in [0, 0.1) is 0 Å². The number of likely N-dealkylation sites (tertiary alicyclic amines) is 1. The molecule has 5 rings (SSSR count). The molecule has 3 aromatic rings. The molecule has 1 saturated heterocycles. The van der Waals surface area contributed by atoms with Crippen molar-refractivity contribution in [2.75, 3.05) is 18.4 Å². The third-order valence-electron chi connectivity index (χ3n) is 5.40. The molecule has 152 valence electrons. The number of fused-ring (bicyclic) bond motifs is 3. The third kappa shape index (κ3) is 3.46. The lowest BCUT2D eigenvalue weighted by molar-refractivity contribution is 0.0794. The highest BCUT2D eigenvalue weighted by atomic mass is 35.5. The van der Waals surface area contributed by atoms with Gasteiger partial charge in [-0.2, -0.15) is 0 Å². The van der Waals surface area contributed by atoms with Gasteiger partial charge in [0.25, 0.3) is 11.8 Å². The first-order valence-electron chi connectivity index (χ1n) is 9.85. The summed E-state index contributed by atoms with van der Waals surface area (Å²) in [6, 6.07) is 14.7. The fourth-order valence-corrected chi connectivity index (χ4v) is 5.16. The Hall–Kier alpha value is -2.83. The summed E-state index contributed by atoms with van der Waals surface area (Å²) in [5, 5.41) is 3.37. The van der Waals surface area contributed by atoms with Crippen molar-refractivity contribution in [1.29, 1.82) is 0 Å². The summed E-state index contributed by atoms with van der Waals surface area (Å²) in [6.45, 7) is 1.92. The first kappa shape index (κ1) is 19.2. The van der Waals surface area contributed by atoms with E-state index in [2.05, 4.69) is 5.32 Å². The number of hydrogen-bond acceptors (Lipinski definition) is 4. The Morgan fingerprint density at radius 3 is 2.70 bits per heavy atom. The molecule has 5 nitrogen and oxygen atoms in total. The van der Waals surface area contributed by atoms with Crippen molar-refractivity contribution in [1.82, 2.24) is 4.90 Å². The number of benzene rings is 2. The summed E-state index contributed by atoms with van der Waals surface area (Å²) in [6.07, 6.45) is 2.01. The number of carbonyl (C=O) groups is 2. The minimum Gasteiger partial charge on any atom is -0.488 e. The van der Waals surface area contributed by atoms with E-state index in [0.29, 0.717) is 27.8 Å². The van der Waals surface area contributed by atoms with Gasteiger partial charge in [-0.1, -0.05) is 23.7 Å². The molecular weight excluding hydrogens is 420 g/mol. The predicted octanol–water partition coefficient (Wildman–Crippen LogP) is 5.45. The highest BCUT2D eigenvalue weighted by Gasteiger charge is 2.25. The Morgan fingerprint density at radius 1 is 1.07 bits per heavy atom. The molecule has 2 amide bonds. The van der Waals surface area contributed by atoms with Crippen LogP contribution in [0.3, 0.4) is 0 Å². The average Bonchev–Trinajstić information content (AvgIpc) is 3.43. The van der Waals surface area contributed by atoms with Gasteiger partial charge in [-0.15, -0.1) is 11.3 Å². The SMILES string of the molecule is O=C(Nc1cc(Cl)ccc1C(=O)N1CCCC1)c1cc2c(s1)-c1ccccc1OC2. The smallest absolute Gasteiger partial charge is 0.265 e. The van der Waals surface area contributed by atoms with E-state index in [4.69, 9.17) is 16.3 Å². The van der Waals surface area contributed by atoms with Crippen molar-refractivity contribution >= 4 is 40.4 Å². The number of anilines is 1. The zero-order valence-electron chi connectivity index (χ0n) is 16.1. The molecule has 0 spiro atoms. The number of para-hydroxylation sites is 1. The van der Waals surface area contributed by atoms with Crippen molar-refractivity contribution in [2.24, 2.45) is 0 Å². The molecule has 0 aliphatic carbocycles. The molecule has 0 atom stereocenters. The maximum Gasteiger partial charge on any atom is 0.265 e. The number of nitrogens with one attached hydrogen (secondary N) is 1. The summed E-state index contributed by atoms with van der Waals surface area (Å²) < 4.78 is 5.79. The van der Waals surface area contributed by atoms with E-state index in [1.807, 2.05) is 35.2 Å². The lowest BCUT2D eigenvalue weighted by Crippen LogP contribution is -2.28. The zero-order chi connectivity index (χ0) is 20.7. The van der Waals surface area contributed by atoms with Gasteiger partial charge in [-0.3, -0.25) is 9.59 Å². The Bertz CT molecular complexity index is 1150. The van der Waals surface area contributed by atoms with E-state index >= 15 is 0 Å². The fourth-order valence-electron chi connectivity index (χ4n) is 3.89. The molecule has 3 heterocycles. The molecule has 7 heteroatoms. The zero-order valence-corrected chi connectivity index (χ0v) is 17.7. The quantitative estimate of drug-likeness (QED) is 0.591. The van der Waals surface area contributed by atoms with E-state index in [1.165, 1.54) is 11.3 Å². The Labute approximate surface area is 183 Å². The maximum atomic E-state index is 13.0. The van der Waals surface area contributed by atoms with E-state index in [-0.39, 0.29) is 11.8 Å². The third-order valence-corrected chi connectivity index (χ3v) is 6.85. The summed E-state index contributed by atoms with van der Waals surface area (Å²) in [5.41, 5.74) is 2.89. The second-order valence-electron chi connectivity index (χ2n) is 7.39. The summed E-state index contributed by atoms with van der Waals surface area (Å²) in [7, 11) is 0. The van der Waals surface area contributed by atoms with Gasteiger partial charge in [0.2, 0.25) is 0 Å². The highest BCUT2D eigenvalue weighted by Crippen LogP contribution is 2.42. The molecule has 30 heavy (non-hydrogen) atoms. The average molecular weight is 439 g/mol. The molecular formula is C23H19ClN2O3S. The number of thiophene rings is 1. The number of hydrogen-bond donors (Lipinski definition) is 1. The number of rotatable bonds is 3. The van der Waals surface area contributed by atoms with Crippen LogP contribution in [-0.2, 0) is 6.61 Å². The van der Waals surface area contributed by atoms with Gasteiger partial charge < -0.3 is 15.0 Å². The predicted molar refractivity (Wildman–Crippen MR) is 119 cm³/mol. The summed E-state index contributed by atoms with van der Waals surface area (Å²) >= 11 is 7.59. The largest absolute Gasteiger partial charge is 0.488 e. The fraction of sp³-hybridized carbons (Fsp3) is 0.217. The first-order chi connectivity index (χ1) is 14.6. The van der Waals surface area contributed by atoms with E-state index < -0.39 is 0 Å². The standard InChI is InChI=1S/C23H19ClN2O3S/c24-15-7-8-16(23(28)26-9-3-4-10-26)18(12-15)25-22(27)20-11-14-13-29-19-6-2-1-5-17(19)21(14)30-20/h1-2,5-8,11-12H,3-4,9-10,13H2,(H,25,27). The van der Waals surface area contributed by atoms with Crippen molar-refractivity contribution in [3.05, 3.63) is 69.6 Å².